The zero-order valence-electron chi connectivity index (χ0n) is 10.5. The fourth-order valence-electron chi connectivity index (χ4n) is 1.63. The maximum atomic E-state index is 12.0. The van der Waals surface area contributed by atoms with Crippen molar-refractivity contribution in [3.63, 3.8) is 0 Å². The Kier molecular flexibility index (Phi) is 5.30. The van der Waals surface area contributed by atoms with Crippen LogP contribution >= 0.6 is 11.8 Å². The number of rotatable bonds is 5. The molecule has 0 spiro atoms. The molecule has 0 aliphatic heterocycles. The fourth-order valence-corrected chi connectivity index (χ4v) is 2.25. The van der Waals surface area contributed by atoms with E-state index in [2.05, 4.69) is 5.32 Å². The average molecular weight is 269 g/mol. The highest BCUT2D eigenvalue weighted by Crippen LogP contribution is 2.15. The second-order valence-electron chi connectivity index (χ2n) is 4.11. The number of hydrogen-bond acceptors (Lipinski definition) is 5. The van der Waals surface area contributed by atoms with E-state index < -0.39 is 0 Å². The number of benzene rings is 1. The van der Waals surface area contributed by atoms with E-state index in [-0.39, 0.29) is 23.8 Å². The average Bonchev–Trinajstić information content (AvgIpc) is 2.29. The van der Waals surface area contributed by atoms with E-state index in [9.17, 15) is 4.79 Å². The molecule has 1 amide bonds. The number of carbonyl (C=O) groups excluding carboxylic acids is 1. The molecule has 6 heteroatoms. The first kappa shape index (κ1) is 14.7. The van der Waals surface area contributed by atoms with Crippen molar-refractivity contribution < 1.29 is 9.90 Å². The number of nitrogen functional groups attached to an aromatic ring is 2. The van der Waals surface area contributed by atoms with Crippen molar-refractivity contribution in [1.82, 2.24) is 5.32 Å². The van der Waals surface area contributed by atoms with E-state index in [4.69, 9.17) is 16.6 Å². The van der Waals surface area contributed by atoms with Gasteiger partial charge >= 0.3 is 0 Å². The van der Waals surface area contributed by atoms with E-state index in [0.717, 1.165) is 0 Å². The van der Waals surface area contributed by atoms with Crippen LogP contribution in [0.3, 0.4) is 0 Å². The largest absolute Gasteiger partial charge is 0.399 e. The molecule has 0 aromatic heterocycles. The number of aliphatic hydroxyl groups is 1. The summed E-state index contributed by atoms with van der Waals surface area (Å²) in [5, 5.41) is 11.9. The first-order chi connectivity index (χ1) is 8.47. The van der Waals surface area contributed by atoms with Gasteiger partial charge in [-0.1, -0.05) is 0 Å². The molecule has 0 heterocycles. The van der Waals surface area contributed by atoms with Crippen LogP contribution in [-0.4, -0.2) is 35.2 Å². The van der Waals surface area contributed by atoms with Gasteiger partial charge < -0.3 is 21.9 Å². The summed E-state index contributed by atoms with van der Waals surface area (Å²) in [4.78, 5) is 12.0. The maximum Gasteiger partial charge on any atom is 0.251 e. The zero-order valence-corrected chi connectivity index (χ0v) is 11.3. The minimum atomic E-state index is -0.242. The summed E-state index contributed by atoms with van der Waals surface area (Å²) in [6.45, 7) is 1.87. The molecule has 2 unspecified atom stereocenters. The smallest absolute Gasteiger partial charge is 0.251 e. The van der Waals surface area contributed by atoms with Crippen LogP contribution in [0.15, 0.2) is 18.2 Å². The van der Waals surface area contributed by atoms with Crippen LogP contribution in [0.25, 0.3) is 0 Å². The number of amides is 1. The van der Waals surface area contributed by atoms with Gasteiger partial charge in [-0.2, -0.15) is 11.8 Å². The summed E-state index contributed by atoms with van der Waals surface area (Å²) in [5.41, 5.74) is 12.6. The molecule has 0 saturated carbocycles. The van der Waals surface area contributed by atoms with E-state index >= 15 is 0 Å². The number of nitrogens with two attached hydrogens (primary N) is 2. The van der Waals surface area contributed by atoms with Crippen molar-refractivity contribution in [3.8, 4) is 0 Å². The van der Waals surface area contributed by atoms with Crippen molar-refractivity contribution in [2.24, 2.45) is 0 Å². The molecule has 100 valence electrons. The van der Waals surface area contributed by atoms with Crippen molar-refractivity contribution in [1.29, 1.82) is 0 Å². The van der Waals surface area contributed by atoms with Crippen LogP contribution in [-0.2, 0) is 0 Å². The number of thioether (sulfide) groups is 1. The van der Waals surface area contributed by atoms with Crippen molar-refractivity contribution >= 4 is 29.0 Å². The third-order valence-corrected chi connectivity index (χ3v) is 3.80. The highest BCUT2D eigenvalue weighted by molar-refractivity contribution is 7.99. The van der Waals surface area contributed by atoms with Crippen LogP contribution in [0.2, 0.25) is 0 Å². The SMILES string of the molecule is CSC(CO)C(C)NC(=O)c1cc(N)cc(N)c1. The number of aliphatic hydroxyl groups excluding tert-OH is 1. The van der Waals surface area contributed by atoms with Crippen LogP contribution in [0.4, 0.5) is 11.4 Å². The molecular formula is C12H19N3O2S. The second kappa shape index (κ2) is 6.51. The summed E-state index contributed by atoms with van der Waals surface area (Å²) >= 11 is 1.51. The third-order valence-electron chi connectivity index (χ3n) is 2.64. The third kappa shape index (κ3) is 3.82. The van der Waals surface area contributed by atoms with Gasteiger partial charge in [0.1, 0.15) is 0 Å². The maximum absolute atomic E-state index is 12.0. The molecule has 6 N–H and O–H groups in total. The Morgan fingerprint density at radius 3 is 2.39 bits per heavy atom. The summed E-state index contributed by atoms with van der Waals surface area (Å²) in [6.07, 6.45) is 1.89. The summed E-state index contributed by atoms with van der Waals surface area (Å²) in [6, 6.07) is 4.61. The van der Waals surface area contributed by atoms with Crippen molar-refractivity contribution in [2.45, 2.75) is 18.2 Å². The molecule has 0 radical (unpaired) electrons. The monoisotopic (exact) mass is 269 g/mol. The predicted octanol–water partition coefficient (Wildman–Crippen LogP) is 0.693. The molecule has 5 nitrogen and oxygen atoms in total. The van der Waals surface area contributed by atoms with Gasteiger partial charge in [-0.05, 0) is 31.4 Å². The standard InChI is InChI=1S/C12H19N3O2S/c1-7(11(6-16)18-2)15-12(17)8-3-9(13)5-10(14)4-8/h3-5,7,11,16H,6,13-14H2,1-2H3,(H,15,17). The van der Waals surface area contributed by atoms with Gasteiger partial charge in [0.15, 0.2) is 0 Å². The molecule has 1 aromatic carbocycles. The van der Waals surface area contributed by atoms with E-state index in [1.54, 1.807) is 18.2 Å². The second-order valence-corrected chi connectivity index (χ2v) is 5.18. The Labute approximate surface area is 111 Å². The van der Waals surface area contributed by atoms with E-state index in [1.807, 2.05) is 13.2 Å². The lowest BCUT2D eigenvalue weighted by Crippen LogP contribution is -2.41. The summed E-state index contributed by atoms with van der Waals surface area (Å²) < 4.78 is 0. The van der Waals surface area contributed by atoms with Crippen LogP contribution in [0, 0.1) is 0 Å². The number of carbonyl (C=O) groups is 1. The Hall–Kier alpha value is -1.40. The minimum Gasteiger partial charge on any atom is -0.399 e. The Morgan fingerprint density at radius 1 is 1.39 bits per heavy atom. The quantitative estimate of drug-likeness (QED) is 0.589. The predicted molar refractivity (Wildman–Crippen MR) is 76.6 cm³/mol. The molecule has 0 bridgehead atoms. The first-order valence-electron chi connectivity index (χ1n) is 5.58. The van der Waals surface area contributed by atoms with E-state index in [1.165, 1.54) is 11.8 Å². The topological polar surface area (TPSA) is 101 Å². The summed E-state index contributed by atoms with van der Waals surface area (Å²) in [7, 11) is 0. The van der Waals surface area contributed by atoms with Crippen LogP contribution < -0.4 is 16.8 Å². The molecule has 0 aliphatic carbocycles. The molecule has 18 heavy (non-hydrogen) atoms. The zero-order chi connectivity index (χ0) is 13.7. The summed E-state index contributed by atoms with van der Waals surface area (Å²) in [5.74, 6) is -0.242. The Morgan fingerprint density at radius 2 is 1.94 bits per heavy atom. The minimum absolute atomic E-state index is 0.0156. The lowest BCUT2D eigenvalue weighted by molar-refractivity contribution is 0.0936. The van der Waals surface area contributed by atoms with Gasteiger partial charge in [0, 0.05) is 28.2 Å². The molecule has 0 fully saturated rings. The highest BCUT2D eigenvalue weighted by atomic mass is 32.2. The van der Waals surface area contributed by atoms with Crippen LogP contribution in [0.1, 0.15) is 17.3 Å². The molecule has 1 aromatic rings. The first-order valence-corrected chi connectivity index (χ1v) is 6.87. The normalized spacial score (nSPS) is 13.9. The molecule has 2 atom stereocenters. The van der Waals surface area contributed by atoms with Gasteiger partial charge in [-0.3, -0.25) is 4.79 Å². The van der Waals surface area contributed by atoms with Gasteiger partial charge in [0.2, 0.25) is 0 Å². The molecule has 0 aliphatic rings. The van der Waals surface area contributed by atoms with Gasteiger partial charge in [-0.25, -0.2) is 0 Å². The van der Waals surface area contributed by atoms with Crippen molar-refractivity contribution in [3.05, 3.63) is 23.8 Å². The van der Waals surface area contributed by atoms with Crippen LogP contribution in [0.5, 0.6) is 0 Å². The van der Waals surface area contributed by atoms with E-state index in [0.29, 0.717) is 16.9 Å². The highest BCUT2D eigenvalue weighted by Gasteiger charge is 2.18. The number of anilines is 2. The molecular weight excluding hydrogens is 250 g/mol. The Bertz CT molecular complexity index is 402. The lowest BCUT2D eigenvalue weighted by atomic mass is 10.1. The molecule has 0 saturated heterocycles. The van der Waals surface area contributed by atoms with Crippen molar-refractivity contribution in [2.75, 3.05) is 24.3 Å². The Balaban J connectivity index is 2.76. The lowest BCUT2D eigenvalue weighted by Gasteiger charge is -2.21. The number of hydrogen-bond donors (Lipinski definition) is 4. The number of nitrogens with one attached hydrogen (secondary N) is 1. The fraction of sp³-hybridized carbons (Fsp3) is 0.417. The molecule has 1 rings (SSSR count). The van der Waals surface area contributed by atoms with Gasteiger partial charge in [0.05, 0.1) is 6.61 Å². The van der Waals surface area contributed by atoms with Gasteiger partial charge in [-0.15, -0.1) is 0 Å². The van der Waals surface area contributed by atoms with Gasteiger partial charge in [0.25, 0.3) is 5.91 Å².